The third kappa shape index (κ3) is 4.65. The summed E-state index contributed by atoms with van der Waals surface area (Å²) in [5.41, 5.74) is -4.85. The van der Waals surface area contributed by atoms with Crippen molar-refractivity contribution in [2.45, 2.75) is 18.0 Å². The second-order valence-corrected chi connectivity index (χ2v) is 4.88. The number of alkyl halides is 6. The predicted octanol–water partition coefficient (Wildman–Crippen LogP) is 2.23. The van der Waals surface area contributed by atoms with E-state index in [1.54, 1.807) is 5.32 Å². The molecule has 13 heteroatoms. The smallest absolute Gasteiger partial charge is 0.471 e. The molecule has 0 unspecified atom stereocenters. The van der Waals surface area contributed by atoms with Crippen LogP contribution in [-0.2, 0) is 14.3 Å². The Morgan fingerprint density at radius 2 is 1.56 bits per heavy atom. The summed E-state index contributed by atoms with van der Waals surface area (Å²) in [6.07, 6.45) is -11.4. The first-order valence-corrected chi connectivity index (χ1v) is 6.87. The van der Waals surface area contributed by atoms with Crippen molar-refractivity contribution >= 4 is 17.6 Å². The van der Waals surface area contributed by atoms with E-state index in [0.29, 0.717) is 12.4 Å². The van der Waals surface area contributed by atoms with Crippen molar-refractivity contribution in [2.24, 2.45) is 0 Å². The van der Waals surface area contributed by atoms with E-state index < -0.39 is 35.6 Å². The van der Waals surface area contributed by atoms with Gasteiger partial charge in [0, 0.05) is 6.07 Å². The molecule has 0 saturated heterocycles. The molecule has 0 heterocycles. The highest BCUT2D eigenvalue weighted by molar-refractivity contribution is 5.93. The maximum Gasteiger partial charge on any atom is 0.471 e. The van der Waals surface area contributed by atoms with Crippen LogP contribution in [0.3, 0.4) is 0 Å². The fourth-order valence-electron chi connectivity index (χ4n) is 1.90. The van der Waals surface area contributed by atoms with E-state index in [1.165, 1.54) is 13.2 Å². The fourth-order valence-corrected chi connectivity index (χ4v) is 1.90. The monoisotopic (exact) mass is 404 g/mol. The highest BCUT2D eigenvalue weighted by Gasteiger charge is 2.65. The number of methoxy groups -OCH3 is 3. The number of anilines is 1. The van der Waals surface area contributed by atoms with Gasteiger partial charge >= 0.3 is 29.9 Å². The number of ether oxygens (including phenoxy) is 3. The van der Waals surface area contributed by atoms with E-state index >= 15 is 0 Å². The number of carbonyl (C=O) groups excluding carboxylic acids is 2. The lowest BCUT2D eigenvalue weighted by atomic mass is 10.1. The molecule has 1 amide bonds. The molecule has 1 aromatic carbocycles. The summed E-state index contributed by atoms with van der Waals surface area (Å²) in [7, 11) is 2.75. The molecule has 0 aliphatic heterocycles. The molecule has 0 bridgehead atoms. The van der Waals surface area contributed by atoms with Crippen LogP contribution < -0.4 is 20.1 Å². The summed E-state index contributed by atoms with van der Waals surface area (Å²) in [5.74, 6) is -5.55. The number of nitrogens with one attached hydrogen (secondary N) is 2. The molecular weight excluding hydrogens is 390 g/mol. The van der Waals surface area contributed by atoms with Crippen LogP contribution in [0.15, 0.2) is 18.2 Å². The van der Waals surface area contributed by atoms with Gasteiger partial charge in [-0.25, -0.2) is 4.79 Å². The Balaban J connectivity index is 3.59. The summed E-state index contributed by atoms with van der Waals surface area (Å²) in [5, 5.41) is 2.17. The van der Waals surface area contributed by atoms with Gasteiger partial charge in [-0.15, -0.1) is 0 Å². The standard InChI is InChI=1S/C14H14F6N2O5/c1-25-7-4-5-9(26-2)8(6-7)21-12(11(24)27-3,14(18,19)20)22-10(23)13(15,16)17/h4-6,21H,1-3H3,(H,22,23)/t12-/m1/s1. The van der Waals surface area contributed by atoms with Gasteiger partial charge in [-0.2, -0.15) is 26.3 Å². The van der Waals surface area contributed by atoms with Gasteiger partial charge in [0.2, 0.25) is 0 Å². The van der Waals surface area contributed by atoms with Crippen LogP contribution in [0.2, 0.25) is 0 Å². The van der Waals surface area contributed by atoms with Crippen molar-refractivity contribution in [3.8, 4) is 11.5 Å². The van der Waals surface area contributed by atoms with Crippen molar-refractivity contribution in [2.75, 3.05) is 26.6 Å². The van der Waals surface area contributed by atoms with E-state index in [9.17, 15) is 35.9 Å². The van der Waals surface area contributed by atoms with E-state index in [0.717, 1.165) is 19.2 Å². The zero-order chi connectivity index (χ0) is 21.0. The first-order chi connectivity index (χ1) is 12.3. The Bertz CT molecular complexity index is 706. The average Bonchev–Trinajstić information content (AvgIpc) is 2.58. The molecule has 0 radical (unpaired) electrons. The Kier molecular flexibility index (Phi) is 6.41. The second kappa shape index (κ2) is 7.80. The number of hydrogen-bond acceptors (Lipinski definition) is 6. The number of esters is 1. The quantitative estimate of drug-likeness (QED) is 0.430. The number of halogens is 6. The van der Waals surface area contributed by atoms with Gasteiger partial charge in [-0.05, 0) is 12.1 Å². The van der Waals surface area contributed by atoms with Crippen molar-refractivity contribution in [3.63, 3.8) is 0 Å². The van der Waals surface area contributed by atoms with Gasteiger partial charge in [0.25, 0.3) is 0 Å². The number of benzene rings is 1. The maximum absolute atomic E-state index is 13.6. The number of amides is 1. The van der Waals surface area contributed by atoms with Crippen molar-refractivity contribution in [1.29, 1.82) is 0 Å². The van der Waals surface area contributed by atoms with Crippen LogP contribution in [0.4, 0.5) is 32.0 Å². The molecule has 7 nitrogen and oxygen atoms in total. The average molecular weight is 404 g/mol. The van der Waals surface area contributed by atoms with Crippen LogP contribution in [-0.4, -0.2) is 51.2 Å². The summed E-state index contributed by atoms with van der Waals surface area (Å²) in [6, 6.07) is 3.33. The van der Waals surface area contributed by atoms with Crippen LogP contribution in [0, 0.1) is 0 Å². The van der Waals surface area contributed by atoms with E-state index in [-0.39, 0.29) is 11.5 Å². The molecule has 0 aliphatic rings. The summed E-state index contributed by atoms with van der Waals surface area (Å²) in [6.45, 7) is 0. The Hall–Kier alpha value is -2.86. The van der Waals surface area contributed by atoms with Gasteiger partial charge in [0.15, 0.2) is 0 Å². The van der Waals surface area contributed by atoms with Crippen LogP contribution in [0.5, 0.6) is 11.5 Å². The molecule has 1 aromatic rings. The zero-order valence-electron chi connectivity index (χ0n) is 14.0. The number of carbonyl (C=O) groups is 2. The summed E-state index contributed by atoms with van der Waals surface area (Å²) in [4.78, 5) is 23.0. The molecule has 152 valence electrons. The largest absolute Gasteiger partial charge is 0.497 e. The van der Waals surface area contributed by atoms with Gasteiger partial charge in [0.1, 0.15) is 11.5 Å². The van der Waals surface area contributed by atoms with E-state index in [1.807, 2.05) is 0 Å². The normalized spacial score (nSPS) is 14.0. The minimum atomic E-state index is -5.74. The molecule has 0 aliphatic carbocycles. The molecule has 1 rings (SSSR count). The topological polar surface area (TPSA) is 85.9 Å². The van der Waals surface area contributed by atoms with Crippen LogP contribution in [0.25, 0.3) is 0 Å². The lowest BCUT2D eigenvalue weighted by Gasteiger charge is -2.35. The SMILES string of the molecule is COC(=O)[C@](NC(=O)C(F)(F)F)(Nc1cc(OC)ccc1OC)C(F)(F)F. The van der Waals surface area contributed by atoms with Crippen molar-refractivity contribution < 1.29 is 50.1 Å². The van der Waals surface area contributed by atoms with Crippen LogP contribution >= 0.6 is 0 Å². The van der Waals surface area contributed by atoms with Crippen molar-refractivity contribution in [1.82, 2.24) is 5.32 Å². The lowest BCUT2D eigenvalue weighted by Crippen LogP contribution is -2.70. The van der Waals surface area contributed by atoms with Gasteiger partial charge in [-0.3, -0.25) is 4.79 Å². The lowest BCUT2D eigenvalue weighted by molar-refractivity contribution is -0.213. The van der Waals surface area contributed by atoms with Crippen LogP contribution in [0.1, 0.15) is 0 Å². The van der Waals surface area contributed by atoms with Gasteiger partial charge < -0.3 is 24.8 Å². The number of hydrogen-bond donors (Lipinski definition) is 2. The first kappa shape index (κ1) is 22.2. The Morgan fingerprint density at radius 3 is 1.96 bits per heavy atom. The van der Waals surface area contributed by atoms with Gasteiger partial charge in [0.05, 0.1) is 27.0 Å². The highest BCUT2D eigenvalue weighted by Crippen LogP contribution is 2.38. The van der Waals surface area contributed by atoms with Crippen molar-refractivity contribution in [3.05, 3.63) is 18.2 Å². The van der Waals surface area contributed by atoms with Gasteiger partial charge in [-0.1, -0.05) is 0 Å². The molecule has 0 fully saturated rings. The highest BCUT2D eigenvalue weighted by atomic mass is 19.4. The molecule has 1 atom stereocenters. The maximum atomic E-state index is 13.6. The minimum Gasteiger partial charge on any atom is -0.497 e. The van der Waals surface area contributed by atoms with E-state index in [4.69, 9.17) is 9.47 Å². The molecule has 27 heavy (non-hydrogen) atoms. The Labute approximate surface area is 148 Å². The zero-order valence-corrected chi connectivity index (χ0v) is 14.0. The molecule has 0 spiro atoms. The fraction of sp³-hybridized carbons (Fsp3) is 0.429. The molecular formula is C14H14F6N2O5. The third-order valence-electron chi connectivity index (χ3n) is 3.20. The Morgan fingerprint density at radius 1 is 0.963 bits per heavy atom. The predicted molar refractivity (Wildman–Crippen MR) is 78.2 cm³/mol. The first-order valence-electron chi connectivity index (χ1n) is 6.87. The third-order valence-corrected chi connectivity index (χ3v) is 3.20. The molecule has 2 N–H and O–H groups in total. The summed E-state index contributed by atoms with van der Waals surface area (Å²) < 4.78 is 92.2. The second-order valence-electron chi connectivity index (χ2n) is 4.88. The molecule has 0 saturated carbocycles. The minimum absolute atomic E-state index is 0.0126. The molecule has 0 aromatic heterocycles. The van der Waals surface area contributed by atoms with E-state index in [2.05, 4.69) is 4.74 Å². The number of rotatable bonds is 6. The summed E-state index contributed by atoms with van der Waals surface area (Å²) >= 11 is 0.